The van der Waals surface area contributed by atoms with Crippen molar-refractivity contribution >= 4 is 47.5 Å². The molecule has 272 valence electrons. The standard InChI is InChI=1S/C30H42BrN4O13P/c1-2-11-27(38)47-22-18-26(34-19-21(31)29(40)33-30(34)41)46-23(22)20-45-49(42,44-17-10-15-32)43-16-9-7-5-3-4-6-8-12-28(39)48-35-24(36)13-14-25(35)37/h19,22-23,26H,2-14,16-18,20H2,1H3,(H,33,40,41). The number of nitrogens with zero attached hydrogens (tertiary/aromatic N) is 3. The number of nitriles is 1. The highest BCUT2D eigenvalue weighted by molar-refractivity contribution is 9.10. The molecule has 49 heavy (non-hydrogen) atoms. The predicted octanol–water partition coefficient (Wildman–Crippen LogP) is 4.10. The maximum absolute atomic E-state index is 13.5. The molecule has 0 radical (unpaired) electrons. The Labute approximate surface area is 291 Å². The van der Waals surface area contributed by atoms with E-state index in [2.05, 4.69) is 20.9 Å². The topological polar surface area (TPSA) is 223 Å². The molecule has 2 amide bonds. The molecule has 2 aliphatic rings. The zero-order chi connectivity index (χ0) is 35.8. The van der Waals surface area contributed by atoms with E-state index in [0.717, 1.165) is 36.7 Å². The van der Waals surface area contributed by atoms with Crippen LogP contribution in [0.15, 0.2) is 20.3 Å². The summed E-state index contributed by atoms with van der Waals surface area (Å²) >= 11 is 3.08. The number of imide groups is 1. The summed E-state index contributed by atoms with van der Waals surface area (Å²) in [4.78, 5) is 78.5. The fourth-order valence-electron chi connectivity index (χ4n) is 4.97. The van der Waals surface area contributed by atoms with Crippen LogP contribution in [0, 0.1) is 11.3 Å². The molecule has 2 aliphatic heterocycles. The van der Waals surface area contributed by atoms with Crippen molar-refractivity contribution in [3.05, 3.63) is 31.5 Å². The molecule has 3 rings (SSSR count). The summed E-state index contributed by atoms with van der Waals surface area (Å²) in [6, 6.07) is 1.89. The number of carbonyl (C=O) groups excluding carboxylic acids is 4. The van der Waals surface area contributed by atoms with Crippen molar-refractivity contribution in [3.63, 3.8) is 0 Å². The summed E-state index contributed by atoms with van der Waals surface area (Å²) < 4.78 is 42.7. The van der Waals surface area contributed by atoms with Crippen molar-refractivity contribution in [3.8, 4) is 6.07 Å². The van der Waals surface area contributed by atoms with E-state index in [-0.39, 0.29) is 62.8 Å². The molecular formula is C30H42BrN4O13P. The quantitative estimate of drug-likeness (QED) is 0.0758. The number of halogens is 1. The molecule has 1 N–H and O–H groups in total. The van der Waals surface area contributed by atoms with Gasteiger partial charge in [-0.3, -0.25) is 42.3 Å². The van der Waals surface area contributed by atoms with Crippen molar-refractivity contribution in [2.45, 2.75) is 115 Å². The van der Waals surface area contributed by atoms with Crippen LogP contribution in [0.25, 0.3) is 0 Å². The fraction of sp³-hybridized carbons (Fsp3) is 0.700. The Bertz CT molecular complexity index is 1490. The zero-order valence-electron chi connectivity index (χ0n) is 27.3. The van der Waals surface area contributed by atoms with Crippen molar-refractivity contribution in [2.24, 2.45) is 0 Å². The van der Waals surface area contributed by atoms with E-state index in [1.165, 1.54) is 6.20 Å². The van der Waals surface area contributed by atoms with E-state index < -0.39 is 61.3 Å². The van der Waals surface area contributed by atoms with Crippen LogP contribution >= 0.6 is 23.8 Å². The number of hydrogen-bond acceptors (Lipinski definition) is 14. The van der Waals surface area contributed by atoms with Crippen LogP contribution in [-0.2, 0) is 51.6 Å². The molecule has 1 aromatic heterocycles. The number of rotatable bonds is 22. The van der Waals surface area contributed by atoms with Gasteiger partial charge >= 0.3 is 25.5 Å². The number of amides is 2. The second-order valence-corrected chi connectivity index (χ2v) is 13.9. The minimum atomic E-state index is -4.17. The molecule has 1 aromatic rings. The van der Waals surface area contributed by atoms with Crippen molar-refractivity contribution < 1.29 is 51.6 Å². The Hall–Kier alpha value is -3.20. The Kier molecular flexibility index (Phi) is 16.8. The van der Waals surface area contributed by atoms with E-state index in [9.17, 15) is 33.3 Å². The van der Waals surface area contributed by atoms with Gasteiger partial charge < -0.3 is 14.3 Å². The number of aromatic amines is 1. The van der Waals surface area contributed by atoms with Crippen molar-refractivity contribution in [1.82, 2.24) is 14.6 Å². The van der Waals surface area contributed by atoms with E-state index in [1.807, 2.05) is 13.0 Å². The SMILES string of the molecule is CCCC(=O)OC1CC(n2cc(Br)c(=O)[nH]c2=O)OC1COP(=O)(OCCC#N)OCCCCCCCCCC(=O)ON1C(=O)CCC1=O. The predicted molar refractivity (Wildman–Crippen MR) is 172 cm³/mol. The third-order valence-electron chi connectivity index (χ3n) is 7.49. The highest BCUT2D eigenvalue weighted by Crippen LogP contribution is 2.50. The van der Waals surface area contributed by atoms with E-state index >= 15 is 0 Å². The van der Waals surface area contributed by atoms with E-state index in [1.54, 1.807) is 0 Å². The molecule has 4 unspecified atom stereocenters. The monoisotopic (exact) mass is 776 g/mol. The largest absolute Gasteiger partial charge is 0.474 e. The number of ether oxygens (including phenoxy) is 2. The normalized spacial score (nSPS) is 20.3. The highest BCUT2D eigenvalue weighted by atomic mass is 79.9. The molecule has 3 heterocycles. The fourth-order valence-corrected chi connectivity index (χ4v) is 6.51. The third kappa shape index (κ3) is 13.2. The summed E-state index contributed by atoms with van der Waals surface area (Å²) in [5.74, 6) is -2.12. The van der Waals surface area contributed by atoms with Crippen LogP contribution in [-0.4, -0.2) is 70.4 Å². The second kappa shape index (κ2) is 20.5. The third-order valence-corrected chi connectivity index (χ3v) is 9.51. The average Bonchev–Trinajstić information content (AvgIpc) is 3.60. The molecule has 0 saturated carbocycles. The number of carbonyl (C=O) groups is 4. The van der Waals surface area contributed by atoms with Gasteiger partial charge in [-0.1, -0.05) is 39.0 Å². The van der Waals surface area contributed by atoms with Crippen molar-refractivity contribution in [2.75, 3.05) is 19.8 Å². The highest BCUT2D eigenvalue weighted by Gasteiger charge is 2.41. The molecule has 2 saturated heterocycles. The maximum atomic E-state index is 13.5. The number of H-pyrrole nitrogens is 1. The maximum Gasteiger partial charge on any atom is 0.474 e. The first kappa shape index (κ1) is 40.2. The van der Waals surface area contributed by atoms with Gasteiger partial charge in [0.2, 0.25) is 0 Å². The van der Waals surface area contributed by atoms with Gasteiger partial charge in [-0.2, -0.15) is 5.26 Å². The van der Waals surface area contributed by atoms with Crippen LogP contribution in [0.4, 0.5) is 0 Å². The van der Waals surface area contributed by atoms with Crippen LogP contribution in [0.5, 0.6) is 0 Å². The minimum Gasteiger partial charge on any atom is -0.459 e. The summed E-state index contributed by atoms with van der Waals surface area (Å²) in [6.07, 6.45) is 4.52. The lowest BCUT2D eigenvalue weighted by Gasteiger charge is -2.22. The number of hydrogen-bond donors (Lipinski definition) is 1. The lowest BCUT2D eigenvalue weighted by molar-refractivity contribution is -0.197. The van der Waals surface area contributed by atoms with Gasteiger partial charge in [0, 0.05) is 38.3 Å². The van der Waals surface area contributed by atoms with Gasteiger partial charge in [0.25, 0.3) is 17.4 Å². The number of unbranched alkanes of at least 4 members (excludes halogenated alkanes) is 6. The number of aromatic nitrogens is 2. The first-order valence-corrected chi connectivity index (χ1v) is 18.5. The molecule has 0 spiro atoms. The number of phosphoric acid groups is 1. The second-order valence-electron chi connectivity index (χ2n) is 11.4. The first-order chi connectivity index (χ1) is 23.5. The molecule has 4 atom stereocenters. The van der Waals surface area contributed by atoms with E-state index in [4.69, 9.17) is 33.1 Å². The van der Waals surface area contributed by atoms with Gasteiger partial charge in [0.05, 0.1) is 36.8 Å². The summed E-state index contributed by atoms with van der Waals surface area (Å²) in [5.41, 5.74) is -1.35. The van der Waals surface area contributed by atoms with Gasteiger partial charge in [-0.05, 0) is 35.2 Å². The van der Waals surface area contributed by atoms with Crippen LogP contribution in [0.2, 0.25) is 0 Å². The Morgan fingerprint density at radius 3 is 2.31 bits per heavy atom. The number of esters is 1. The van der Waals surface area contributed by atoms with Gasteiger partial charge in [-0.25, -0.2) is 14.2 Å². The molecule has 0 bridgehead atoms. The Balaban J connectivity index is 1.44. The lowest BCUT2D eigenvalue weighted by atomic mass is 10.1. The van der Waals surface area contributed by atoms with Crippen LogP contribution in [0.3, 0.4) is 0 Å². The molecule has 17 nitrogen and oxygen atoms in total. The number of nitrogens with one attached hydrogen (secondary N) is 1. The zero-order valence-corrected chi connectivity index (χ0v) is 29.8. The summed E-state index contributed by atoms with van der Waals surface area (Å²) in [5, 5.41) is 9.45. The Morgan fingerprint density at radius 2 is 1.63 bits per heavy atom. The lowest BCUT2D eigenvalue weighted by Crippen LogP contribution is -2.32. The average molecular weight is 778 g/mol. The summed E-state index contributed by atoms with van der Waals surface area (Å²) in [7, 11) is -4.17. The van der Waals surface area contributed by atoms with Gasteiger partial charge in [-0.15, -0.1) is 5.06 Å². The van der Waals surface area contributed by atoms with Crippen LogP contribution < -0.4 is 11.2 Å². The molecular weight excluding hydrogens is 735 g/mol. The summed E-state index contributed by atoms with van der Waals surface area (Å²) in [6.45, 7) is 1.25. The molecule has 2 fully saturated rings. The smallest absolute Gasteiger partial charge is 0.459 e. The van der Waals surface area contributed by atoms with Gasteiger partial charge in [0.15, 0.2) is 0 Å². The molecule has 0 aromatic carbocycles. The molecule has 0 aliphatic carbocycles. The minimum absolute atomic E-state index is 0.0352. The van der Waals surface area contributed by atoms with Crippen molar-refractivity contribution in [1.29, 1.82) is 5.26 Å². The van der Waals surface area contributed by atoms with E-state index in [0.29, 0.717) is 24.3 Å². The molecule has 19 heteroatoms. The Morgan fingerprint density at radius 1 is 0.980 bits per heavy atom. The number of hydroxylamine groups is 2. The first-order valence-electron chi connectivity index (χ1n) is 16.3. The van der Waals surface area contributed by atoms with Crippen LogP contribution in [0.1, 0.15) is 103 Å². The number of phosphoric ester groups is 1. The van der Waals surface area contributed by atoms with Gasteiger partial charge in [0.1, 0.15) is 18.4 Å².